The summed E-state index contributed by atoms with van der Waals surface area (Å²) in [6, 6.07) is 14.7. The van der Waals surface area contributed by atoms with Gasteiger partial charge in [-0.25, -0.2) is 0 Å². The van der Waals surface area contributed by atoms with Gasteiger partial charge in [0.2, 0.25) is 11.0 Å². The second-order valence-corrected chi connectivity index (χ2v) is 8.18. The topological polar surface area (TPSA) is 125 Å². The Labute approximate surface area is 179 Å². The van der Waals surface area contributed by atoms with Crippen molar-refractivity contribution in [1.29, 1.82) is 0 Å². The van der Waals surface area contributed by atoms with Crippen LogP contribution in [0.5, 0.6) is 11.6 Å². The molecule has 9 nitrogen and oxygen atoms in total. The molecule has 0 bridgehead atoms. The molecule has 0 fully saturated rings. The molecule has 0 unspecified atom stereocenters. The van der Waals surface area contributed by atoms with Crippen LogP contribution >= 0.6 is 23.1 Å². The molecule has 0 saturated heterocycles. The van der Waals surface area contributed by atoms with Gasteiger partial charge in [0.1, 0.15) is 5.75 Å². The molecule has 152 valence electrons. The number of fused-ring (bicyclic) bond motifs is 1. The number of hydrogen-bond acceptors (Lipinski definition) is 9. The Morgan fingerprint density at radius 1 is 1.27 bits per heavy atom. The summed E-state index contributed by atoms with van der Waals surface area (Å²) in [7, 11) is 1.60. The average molecular weight is 441 g/mol. The van der Waals surface area contributed by atoms with Gasteiger partial charge < -0.3 is 20.1 Å². The van der Waals surface area contributed by atoms with Gasteiger partial charge in [-0.2, -0.15) is 0 Å². The number of azo groups is 1. The summed E-state index contributed by atoms with van der Waals surface area (Å²) in [6.07, 6.45) is 0. The van der Waals surface area contributed by atoms with Crippen LogP contribution in [0.1, 0.15) is 0 Å². The highest BCUT2D eigenvalue weighted by molar-refractivity contribution is 8.01. The number of anilines is 2. The van der Waals surface area contributed by atoms with E-state index in [1.807, 2.05) is 36.4 Å². The van der Waals surface area contributed by atoms with Crippen LogP contribution in [0.3, 0.4) is 0 Å². The van der Waals surface area contributed by atoms with E-state index in [1.54, 1.807) is 19.2 Å². The minimum Gasteiger partial charge on any atom is -0.497 e. The molecule has 1 amide bonds. The fourth-order valence-electron chi connectivity index (χ4n) is 2.62. The Hall–Kier alpha value is -3.44. The van der Waals surface area contributed by atoms with Crippen molar-refractivity contribution in [1.82, 2.24) is 15.2 Å². The fraction of sp³-hybridized carbons (Fsp3) is 0.105. The van der Waals surface area contributed by atoms with Gasteiger partial charge in [0.15, 0.2) is 10.0 Å². The number of hydrogen-bond donors (Lipinski definition) is 3. The Balaban J connectivity index is 1.35. The molecule has 0 aliphatic rings. The number of thioether (sulfide) groups is 1. The third kappa shape index (κ3) is 4.58. The minimum absolute atomic E-state index is 0.0560. The SMILES string of the molecule is COc1cccc(Nc2nnc(SCC(=O)N=Nc3c(O)[nH]c4ccccc34)s2)c1. The van der Waals surface area contributed by atoms with E-state index >= 15 is 0 Å². The van der Waals surface area contributed by atoms with E-state index in [0.717, 1.165) is 17.0 Å². The van der Waals surface area contributed by atoms with Crippen LogP contribution < -0.4 is 10.1 Å². The molecule has 0 spiro atoms. The van der Waals surface area contributed by atoms with Gasteiger partial charge >= 0.3 is 0 Å². The van der Waals surface area contributed by atoms with E-state index in [1.165, 1.54) is 23.1 Å². The van der Waals surface area contributed by atoms with Crippen LogP contribution in [0.2, 0.25) is 0 Å². The summed E-state index contributed by atoms with van der Waals surface area (Å²) < 4.78 is 5.82. The zero-order valence-electron chi connectivity index (χ0n) is 15.7. The Bertz CT molecular complexity index is 1220. The van der Waals surface area contributed by atoms with Gasteiger partial charge in [0.25, 0.3) is 5.91 Å². The molecular weight excluding hydrogens is 424 g/mol. The molecule has 2 aromatic heterocycles. The number of nitrogens with one attached hydrogen (secondary N) is 2. The zero-order valence-corrected chi connectivity index (χ0v) is 17.3. The lowest BCUT2D eigenvalue weighted by atomic mass is 10.2. The highest BCUT2D eigenvalue weighted by atomic mass is 32.2. The third-order valence-corrected chi connectivity index (χ3v) is 5.92. The number of ether oxygens (including phenoxy) is 1. The predicted molar refractivity (Wildman–Crippen MR) is 116 cm³/mol. The van der Waals surface area contributed by atoms with Crippen molar-refractivity contribution < 1.29 is 14.6 Å². The van der Waals surface area contributed by atoms with Crippen molar-refractivity contribution in [2.24, 2.45) is 10.2 Å². The number of nitrogens with zero attached hydrogens (tertiary/aromatic N) is 4. The summed E-state index contributed by atoms with van der Waals surface area (Å²) in [5.74, 6) is 0.219. The molecule has 0 atom stereocenters. The molecule has 2 aromatic carbocycles. The van der Waals surface area contributed by atoms with Crippen LogP contribution in [0, 0.1) is 0 Å². The normalized spacial score (nSPS) is 11.2. The first-order valence-electron chi connectivity index (χ1n) is 8.74. The van der Waals surface area contributed by atoms with Gasteiger partial charge in [-0.05, 0) is 18.2 Å². The highest BCUT2D eigenvalue weighted by Crippen LogP contribution is 2.35. The minimum atomic E-state index is -0.442. The van der Waals surface area contributed by atoms with Gasteiger partial charge in [-0.3, -0.25) is 4.79 Å². The lowest BCUT2D eigenvalue weighted by molar-refractivity contribution is -0.115. The molecule has 3 N–H and O–H groups in total. The number of aromatic hydroxyl groups is 1. The number of benzene rings is 2. The number of carbonyl (C=O) groups is 1. The zero-order chi connectivity index (χ0) is 20.9. The quantitative estimate of drug-likeness (QED) is 0.276. The first-order valence-corrected chi connectivity index (χ1v) is 10.5. The first-order chi connectivity index (χ1) is 14.6. The lowest BCUT2D eigenvalue weighted by Gasteiger charge is -2.04. The molecule has 0 saturated carbocycles. The summed E-state index contributed by atoms with van der Waals surface area (Å²) >= 11 is 2.54. The average Bonchev–Trinajstić information content (AvgIpc) is 3.34. The predicted octanol–water partition coefficient (Wildman–Crippen LogP) is 4.88. The monoisotopic (exact) mass is 440 g/mol. The molecule has 30 heavy (non-hydrogen) atoms. The highest BCUT2D eigenvalue weighted by Gasteiger charge is 2.12. The molecule has 4 rings (SSSR count). The fourth-order valence-corrected chi connectivity index (χ4v) is 4.17. The number of rotatable bonds is 7. The van der Waals surface area contributed by atoms with E-state index < -0.39 is 5.91 Å². The van der Waals surface area contributed by atoms with E-state index in [2.05, 4.69) is 30.7 Å². The van der Waals surface area contributed by atoms with Crippen molar-refractivity contribution in [3.63, 3.8) is 0 Å². The summed E-state index contributed by atoms with van der Waals surface area (Å²) in [4.78, 5) is 14.9. The number of aromatic nitrogens is 3. The smallest absolute Gasteiger partial charge is 0.275 e. The molecule has 0 aliphatic carbocycles. The van der Waals surface area contributed by atoms with Crippen molar-refractivity contribution in [3.8, 4) is 11.6 Å². The summed E-state index contributed by atoms with van der Waals surface area (Å²) in [5.41, 5.74) is 1.78. The first kappa shape index (κ1) is 19.9. The van der Waals surface area contributed by atoms with E-state index in [9.17, 15) is 9.90 Å². The van der Waals surface area contributed by atoms with Crippen molar-refractivity contribution in [2.45, 2.75) is 4.34 Å². The molecule has 11 heteroatoms. The second-order valence-electron chi connectivity index (χ2n) is 5.98. The molecule has 0 radical (unpaired) electrons. The number of amides is 1. The Morgan fingerprint density at radius 3 is 3.00 bits per heavy atom. The van der Waals surface area contributed by atoms with Crippen molar-refractivity contribution >= 4 is 56.4 Å². The molecule has 2 heterocycles. The third-order valence-electron chi connectivity index (χ3n) is 3.97. The molecule has 0 aliphatic heterocycles. The molecular formula is C19H16N6O3S2. The van der Waals surface area contributed by atoms with Crippen molar-refractivity contribution in [3.05, 3.63) is 48.5 Å². The maximum absolute atomic E-state index is 12.1. The van der Waals surface area contributed by atoms with Crippen molar-refractivity contribution in [2.75, 3.05) is 18.2 Å². The van der Waals surface area contributed by atoms with Gasteiger partial charge in [-0.15, -0.1) is 20.4 Å². The van der Waals surface area contributed by atoms with Crippen LogP contribution in [0.4, 0.5) is 16.5 Å². The van der Waals surface area contributed by atoms with E-state index in [4.69, 9.17) is 4.74 Å². The van der Waals surface area contributed by atoms with E-state index in [-0.39, 0.29) is 17.3 Å². The van der Waals surface area contributed by atoms with Gasteiger partial charge in [0.05, 0.1) is 18.4 Å². The van der Waals surface area contributed by atoms with Gasteiger partial charge in [0, 0.05) is 17.1 Å². The number of carbonyl (C=O) groups excluding carboxylic acids is 1. The number of aromatic amines is 1. The van der Waals surface area contributed by atoms with E-state index in [0.29, 0.717) is 14.9 Å². The maximum atomic E-state index is 12.1. The Morgan fingerprint density at radius 2 is 2.13 bits per heavy atom. The second kappa shape index (κ2) is 8.93. The maximum Gasteiger partial charge on any atom is 0.275 e. The standard InChI is InChI=1S/C19H16N6O3S2/c1-28-12-6-4-5-11(9-12)20-18-24-25-19(30-18)29-10-15(26)22-23-16-13-7-2-3-8-14(13)21-17(16)27/h2-9,21,27H,10H2,1H3,(H,20,24). The van der Waals surface area contributed by atoms with Crippen LogP contribution in [-0.2, 0) is 4.79 Å². The van der Waals surface area contributed by atoms with Gasteiger partial charge in [-0.1, -0.05) is 47.4 Å². The number of para-hydroxylation sites is 1. The summed E-state index contributed by atoms with van der Waals surface area (Å²) in [6.45, 7) is 0. The van der Waals surface area contributed by atoms with Crippen LogP contribution in [0.15, 0.2) is 63.1 Å². The summed E-state index contributed by atoms with van der Waals surface area (Å²) in [5, 5.41) is 30.1. The van der Waals surface area contributed by atoms with Crippen LogP contribution in [-0.4, -0.2) is 39.1 Å². The number of H-pyrrole nitrogens is 1. The van der Waals surface area contributed by atoms with Crippen LogP contribution in [0.25, 0.3) is 10.9 Å². The molecule has 4 aromatic rings. The number of methoxy groups -OCH3 is 1. The largest absolute Gasteiger partial charge is 0.497 e. The Kier molecular flexibility index (Phi) is 5.91. The lowest BCUT2D eigenvalue weighted by Crippen LogP contribution is -1.95.